The Morgan fingerprint density at radius 1 is 1.08 bits per heavy atom. The SMILES string of the molecule is Cc1ccsc1CN1CCC2(CC1)CCN(C(=O)c1ccc(CN(CC3=NC=CC3)Cc3ncc[nH]3)cc1)C2. The highest BCUT2D eigenvalue weighted by atomic mass is 32.1. The van der Waals surface area contributed by atoms with Gasteiger partial charge in [-0.1, -0.05) is 18.2 Å². The summed E-state index contributed by atoms with van der Waals surface area (Å²) in [6, 6.07) is 10.4. The first-order chi connectivity index (χ1) is 19.1. The largest absolute Gasteiger partial charge is 0.348 e. The number of hydrogen-bond donors (Lipinski definition) is 1. The first-order valence-electron chi connectivity index (χ1n) is 14.1. The average Bonchev–Trinajstić information content (AvgIpc) is 3.77. The van der Waals surface area contributed by atoms with Gasteiger partial charge >= 0.3 is 0 Å². The Morgan fingerprint density at radius 3 is 2.59 bits per heavy atom. The minimum absolute atomic E-state index is 0.175. The van der Waals surface area contributed by atoms with Crippen LogP contribution in [0, 0.1) is 12.3 Å². The lowest BCUT2D eigenvalue weighted by Crippen LogP contribution is -2.41. The molecule has 1 N–H and O–H groups in total. The van der Waals surface area contributed by atoms with E-state index >= 15 is 0 Å². The van der Waals surface area contributed by atoms with Gasteiger partial charge in [-0.15, -0.1) is 11.3 Å². The van der Waals surface area contributed by atoms with Crippen molar-refractivity contribution >= 4 is 23.0 Å². The van der Waals surface area contributed by atoms with Crippen molar-refractivity contribution in [3.8, 4) is 0 Å². The number of imidazole rings is 1. The van der Waals surface area contributed by atoms with Crippen molar-refractivity contribution in [2.75, 3.05) is 32.7 Å². The molecule has 8 heteroatoms. The number of aromatic amines is 1. The summed E-state index contributed by atoms with van der Waals surface area (Å²) in [6.07, 6.45) is 12.0. The number of rotatable bonds is 9. The van der Waals surface area contributed by atoms with E-state index in [2.05, 4.69) is 66.2 Å². The minimum atomic E-state index is 0.175. The van der Waals surface area contributed by atoms with Crippen LogP contribution in [0.15, 0.2) is 65.4 Å². The Morgan fingerprint density at radius 2 is 1.90 bits per heavy atom. The van der Waals surface area contributed by atoms with E-state index in [4.69, 9.17) is 0 Å². The van der Waals surface area contributed by atoms with Crippen molar-refractivity contribution < 1.29 is 4.79 Å². The summed E-state index contributed by atoms with van der Waals surface area (Å²) in [4.78, 5) is 34.1. The molecule has 5 heterocycles. The monoisotopic (exact) mass is 542 g/mol. The zero-order valence-electron chi connectivity index (χ0n) is 22.8. The number of benzene rings is 1. The highest BCUT2D eigenvalue weighted by Crippen LogP contribution is 2.41. The van der Waals surface area contributed by atoms with Crippen molar-refractivity contribution in [1.29, 1.82) is 0 Å². The maximum absolute atomic E-state index is 13.4. The summed E-state index contributed by atoms with van der Waals surface area (Å²) in [5.41, 5.74) is 4.86. The van der Waals surface area contributed by atoms with Crippen LogP contribution < -0.4 is 0 Å². The molecule has 3 aliphatic rings. The first-order valence-corrected chi connectivity index (χ1v) is 15.0. The third kappa shape index (κ3) is 6.24. The maximum atomic E-state index is 13.4. The summed E-state index contributed by atoms with van der Waals surface area (Å²) in [5.74, 6) is 1.12. The number of aliphatic imine (C=N–C) groups is 1. The number of H-pyrrole nitrogens is 1. The van der Waals surface area contributed by atoms with Gasteiger partial charge in [0.25, 0.3) is 5.91 Å². The molecule has 2 fully saturated rings. The zero-order valence-corrected chi connectivity index (χ0v) is 23.6. The number of carbonyl (C=O) groups is 1. The van der Waals surface area contributed by atoms with Crippen LogP contribution in [0.5, 0.6) is 0 Å². The van der Waals surface area contributed by atoms with Crippen molar-refractivity contribution in [2.24, 2.45) is 10.4 Å². The van der Waals surface area contributed by atoms with E-state index in [-0.39, 0.29) is 5.91 Å². The molecule has 1 aromatic carbocycles. The van der Waals surface area contributed by atoms with Crippen molar-refractivity contribution in [2.45, 2.75) is 52.2 Å². The van der Waals surface area contributed by atoms with Crippen molar-refractivity contribution in [3.05, 3.63) is 87.8 Å². The predicted octanol–water partition coefficient (Wildman–Crippen LogP) is 5.27. The van der Waals surface area contributed by atoms with Crippen LogP contribution in [0.4, 0.5) is 0 Å². The second-order valence-corrected chi connectivity index (χ2v) is 12.4. The fourth-order valence-corrected chi connectivity index (χ4v) is 7.14. The Balaban J connectivity index is 1.03. The lowest BCUT2D eigenvalue weighted by molar-refractivity contribution is 0.0714. The molecule has 0 radical (unpaired) electrons. The van der Waals surface area contributed by atoms with E-state index in [1.165, 1.54) is 34.6 Å². The van der Waals surface area contributed by atoms with E-state index in [1.54, 1.807) is 6.20 Å². The van der Waals surface area contributed by atoms with Gasteiger partial charge in [0.1, 0.15) is 5.82 Å². The number of aryl methyl sites for hydroxylation is 1. The molecule has 2 saturated heterocycles. The molecule has 1 amide bonds. The Kier molecular flexibility index (Phi) is 7.77. The first kappa shape index (κ1) is 26.2. The topological polar surface area (TPSA) is 67.8 Å². The summed E-state index contributed by atoms with van der Waals surface area (Å²) in [5, 5.41) is 2.20. The second kappa shape index (κ2) is 11.6. The Labute approximate surface area is 235 Å². The molecular formula is C31H38N6OS. The molecular weight excluding hydrogens is 504 g/mol. The average molecular weight is 543 g/mol. The van der Waals surface area contributed by atoms with Crippen LogP contribution in [0.2, 0.25) is 0 Å². The van der Waals surface area contributed by atoms with E-state index in [0.717, 1.165) is 76.6 Å². The van der Waals surface area contributed by atoms with Gasteiger partial charge in [0.05, 0.1) is 6.54 Å². The lowest BCUT2D eigenvalue weighted by Gasteiger charge is -2.39. The van der Waals surface area contributed by atoms with Gasteiger partial charge in [-0.05, 0) is 79.4 Å². The molecule has 0 atom stereocenters. The fraction of sp³-hybridized carbons (Fsp3) is 0.452. The summed E-state index contributed by atoms with van der Waals surface area (Å²) in [7, 11) is 0. The number of likely N-dealkylation sites (tertiary alicyclic amines) is 2. The smallest absolute Gasteiger partial charge is 0.253 e. The highest BCUT2D eigenvalue weighted by molar-refractivity contribution is 7.10. The zero-order chi connectivity index (χ0) is 26.7. The summed E-state index contributed by atoms with van der Waals surface area (Å²) in [6.45, 7) is 9.62. The van der Waals surface area contributed by atoms with Crippen LogP contribution in [0.1, 0.15) is 57.9 Å². The number of allylic oxidation sites excluding steroid dienone is 1. The van der Waals surface area contributed by atoms with Gasteiger partial charge in [-0.3, -0.25) is 19.6 Å². The number of carbonyl (C=O) groups excluding carboxylic acids is 1. The minimum Gasteiger partial charge on any atom is -0.348 e. The third-order valence-corrected chi connectivity index (χ3v) is 9.64. The number of piperidine rings is 1. The molecule has 2 aromatic heterocycles. The van der Waals surface area contributed by atoms with Crippen LogP contribution >= 0.6 is 11.3 Å². The predicted molar refractivity (Wildman–Crippen MR) is 157 cm³/mol. The summed E-state index contributed by atoms with van der Waals surface area (Å²) >= 11 is 1.87. The van der Waals surface area contributed by atoms with Gasteiger partial charge in [0.2, 0.25) is 0 Å². The van der Waals surface area contributed by atoms with Crippen molar-refractivity contribution in [3.63, 3.8) is 0 Å². The number of nitrogens with zero attached hydrogens (tertiary/aromatic N) is 5. The maximum Gasteiger partial charge on any atom is 0.253 e. The molecule has 3 aliphatic heterocycles. The van der Waals surface area contributed by atoms with E-state index in [1.807, 2.05) is 35.9 Å². The van der Waals surface area contributed by atoms with Gasteiger partial charge in [-0.2, -0.15) is 0 Å². The molecule has 0 unspecified atom stereocenters. The Hall–Kier alpha value is -3.07. The van der Waals surface area contributed by atoms with Gasteiger partial charge in [0, 0.05) is 73.9 Å². The summed E-state index contributed by atoms with van der Waals surface area (Å²) < 4.78 is 0. The van der Waals surface area contributed by atoms with Gasteiger partial charge in [0.15, 0.2) is 0 Å². The number of nitrogens with one attached hydrogen (secondary N) is 1. The highest BCUT2D eigenvalue weighted by Gasteiger charge is 2.42. The number of aromatic nitrogens is 2. The van der Waals surface area contributed by atoms with E-state index in [0.29, 0.717) is 5.41 Å². The third-order valence-electron chi connectivity index (χ3n) is 8.64. The molecule has 3 aromatic rings. The quantitative estimate of drug-likeness (QED) is 0.400. The van der Waals surface area contributed by atoms with Crippen LogP contribution in [-0.2, 0) is 19.6 Å². The molecule has 6 rings (SSSR count). The molecule has 1 spiro atoms. The molecule has 0 bridgehead atoms. The molecule has 204 valence electrons. The normalized spacial score (nSPS) is 18.9. The molecule has 7 nitrogen and oxygen atoms in total. The van der Waals surface area contributed by atoms with Crippen molar-refractivity contribution in [1.82, 2.24) is 24.7 Å². The van der Waals surface area contributed by atoms with E-state index < -0.39 is 0 Å². The Bertz CT molecular complexity index is 1320. The lowest BCUT2D eigenvalue weighted by atomic mass is 9.78. The fourth-order valence-electron chi connectivity index (χ4n) is 6.19. The molecule has 39 heavy (non-hydrogen) atoms. The molecule has 0 aliphatic carbocycles. The van der Waals surface area contributed by atoms with Crippen LogP contribution in [0.3, 0.4) is 0 Å². The second-order valence-electron chi connectivity index (χ2n) is 11.4. The van der Waals surface area contributed by atoms with E-state index in [9.17, 15) is 4.79 Å². The standard InChI is InChI=1S/C31H38N6OS/c1-24-8-18-39-28(24)21-35-15-9-31(10-16-35)11-17-37(23-31)30(38)26-6-4-25(5-7-26)19-36(20-27-3-2-12-32-27)22-29-33-13-14-34-29/h2,4-8,12-14,18H,3,9-11,15-17,19-23H2,1H3,(H,33,34). The van der Waals surface area contributed by atoms with Gasteiger partial charge < -0.3 is 9.88 Å². The van der Waals surface area contributed by atoms with Crippen LogP contribution in [-0.4, -0.2) is 69.0 Å². The van der Waals surface area contributed by atoms with Crippen LogP contribution in [0.25, 0.3) is 0 Å². The van der Waals surface area contributed by atoms with Gasteiger partial charge in [-0.25, -0.2) is 4.98 Å². The number of hydrogen-bond acceptors (Lipinski definition) is 6. The molecule has 0 saturated carbocycles. The number of thiophene rings is 1. The number of amides is 1.